The van der Waals surface area contributed by atoms with Gasteiger partial charge in [0.25, 0.3) is 11.7 Å². The van der Waals surface area contributed by atoms with E-state index < -0.39 is 23.6 Å². The highest BCUT2D eigenvalue weighted by Crippen LogP contribution is 2.48. The van der Waals surface area contributed by atoms with Crippen LogP contribution in [-0.4, -0.2) is 45.0 Å². The topological polar surface area (TPSA) is 94.2 Å². The number of nitrogens with zero attached hydrogens (tertiary/aromatic N) is 1. The lowest BCUT2D eigenvalue weighted by Crippen LogP contribution is -2.45. The molecule has 1 aliphatic heterocycles. The van der Waals surface area contributed by atoms with Crippen LogP contribution in [0.1, 0.15) is 22.8 Å². The number of carbonyl (C=O) groups excluding carboxylic acids is 3. The molecule has 0 spiro atoms. The molecule has 30 heavy (non-hydrogen) atoms. The van der Waals surface area contributed by atoms with Crippen LogP contribution in [0.15, 0.2) is 24.3 Å². The predicted octanol–water partition coefficient (Wildman–Crippen LogP) is 3.23. The van der Waals surface area contributed by atoms with Gasteiger partial charge in [0.05, 0.1) is 32.6 Å². The Kier molecular flexibility index (Phi) is 5.89. The van der Waals surface area contributed by atoms with Crippen LogP contribution in [0.3, 0.4) is 0 Å². The minimum atomic E-state index is -0.996. The lowest BCUT2D eigenvalue weighted by molar-refractivity contribution is -0.120. The summed E-state index contributed by atoms with van der Waals surface area (Å²) in [4.78, 5) is 39.5. The van der Waals surface area contributed by atoms with Gasteiger partial charge in [0.1, 0.15) is 6.04 Å². The second-order valence-electron chi connectivity index (χ2n) is 6.62. The van der Waals surface area contributed by atoms with Gasteiger partial charge in [0.2, 0.25) is 11.7 Å². The summed E-state index contributed by atoms with van der Waals surface area (Å²) in [6.45, 7) is 3.29. The zero-order chi connectivity index (χ0) is 22.2. The molecule has 1 aliphatic rings. The molecule has 0 saturated heterocycles. The number of ketones is 1. The Morgan fingerprint density at radius 2 is 1.77 bits per heavy atom. The second-order valence-corrected chi connectivity index (χ2v) is 7.03. The van der Waals surface area contributed by atoms with E-state index in [4.69, 9.17) is 25.8 Å². The third kappa shape index (κ3) is 3.33. The van der Waals surface area contributed by atoms with Crippen LogP contribution in [-0.2, 0) is 9.59 Å². The minimum Gasteiger partial charge on any atom is -0.493 e. The van der Waals surface area contributed by atoms with E-state index in [1.165, 1.54) is 34.3 Å². The molecule has 0 fully saturated rings. The van der Waals surface area contributed by atoms with Gasteiger partial charge in [-0.3, -0.25) is 19.3 Å². The molecule has 2 amide bonds. The summed E-state index contributed by atoms with van der Waals surface area (Å²) in [7, 11) is 4.18. The molecule has 0 bridgehead atoms. The molecule has 1 atom stereocenters. The highest BCUT2D eigenvalue weighted by molar-refractivity contribution is 6.53. The molecule has 0 saturated carbocycles. The smallest absolute Gasteiger partial charge is 0.300 e. The Labute approximate surface area is 178 Å². The SMILES string of the molecule is COc1cc2c(c(OC)c1OC)C(=O)C(=O)N2C(C)C(=O)Nc1cccc(Cl)c1C. The van der Waals surface area contributed by atoms with E-state index in [1.54, 1.807) is 25.1 Å². The summed E-state index contributed by atoms with van der Waals surface area (Å²) in [5, 5.41) is 3.26. The number of nitrogens with one attached hydrogen (secondary N) is 1. The number of fused-ring (bicyclic) bond motifs is 1. The van der Waals surface area contributed by atoms with Crippen LogP contribution in [0.4, 0.5) is 11.4 Å². The number of hydrogen-bond donors (Lipinski definition) is 1. The summed E-state index contributed by atoms with van der Waals surface area (Å²) < 4.78 is 15.9. The van der Waals surface area contributed by atoms with Crippen molar-refractivity contribution in [2.24, 2.45) is 0 Å². The molecule has 9 heteroatoms. The van der Waals surface area contributed by atoms with Crippen LogP contribution in [0.25, 0.3) is 0 Å². The number of rotatable bonds is 6. The summed E-state index contributed by atoms with van der Waals surface area (Å²) in [5.41, 5.74) is 1.45. The van der Waals surface area contributed by atoms with E-state index in [2.05, 4.69) is 5.32 Å². The van der Waals surface area contributed by atoms with Crippen LogP contribution in [0, 0.1) is 6.92 Å². The van der Waals surface area contributed by atoms with Crippen LogP contribution < -0.4 is 24.4 Å². The normalized spacial score (nSPS) is 13.7. The fourth-order valence-corrected chi connectivity index (χ4v) is 3.53. The Bertz CT molecular complexity index is 1050. The van der Waals surface area contributed by atoms with Crippen molar-refractivity contribution in [3.8, 4) is 17.2 Å². The maximum atomic E-state index is 12.9. The van der Waals surface area contributed by atoms with E-state index in [0.717, 1.165) is 4.90 Å². The summed E-state index contributed by atoms with van der Waals surface area (Å²) in [5.74, 6) is -1.59. The largest absolute Gasteiger partial charge is 0.493 e. The van der Waals surface area contributed by atoms with Crippen molar-refractivity contribution in [1.82, 2.24) is 0 Å². The van der Waals surface area contributed by atoms with Crippen molar-refractivity contribution in [3.63, 3.8) is 0 Å². The van der Waals surface area contributed by atoms with E-state index in [9.17, 15) is 14.4 Å². The number of methoxy groups -OCH3 is 3. The van der Waals surface area contributed by atoms with Crippen LogP contribution in [0.5, 0.6) is 17.2 Å². The average molecular weight is 433 g/mol. The Hall–Kier alpha value is -3.26. The Morgan fingerprint density at radius 1 is 1.10 bits per heavy atom. The van der Waals surface area contributed by atoms with Crippen molar-refractivity contribution in [2.45, 2.75) is 19.9 Å². The number of anilines is 2. The highest BCUT2D eigenvalue weighted by atomic mass is 35.5. The minimum absolute atomic E-state index is 0.0266. The van der Waals surface area contributed by atoms with Crippen molar-refractivity contribution in [2.75, 3.05) is 31.5 Å². The monoisotopic (exact) mass is 432 g/mol. The molecule has 8 nitrogen and oxygen atoms in total. The molecule has 0 aromatic heterocycles. The predicted molar refractivity (Wildman–Crippen MR) is 112 cm³/mol. The van der Waals surface area contributed by atoms with Gasteiger partial charge >= 0.3 is 0 Å². The molecule has 2 aromatic rings. The maximum absolute atomic E-state index is 12.9. The van der Waals surface area contributed by atoms with Gasteiger partial charge in [0.15, 0.2) is 11.5 Å². The standard InChI is InChI=1S/C21H21ClN2O6/c1-10-12(22)7-6-8-13(10)23-20(26)11(2)24-14-9-15(28-3)18(29-4)19(30-5)16(14)17(25)21(24)27/h6-9,11H,1-5H3,(H,23,26). The number of benzene rings is 2. The first-order valence-electron chi connectivity index (χ1n) is 9.03. The van der Waals surface area contributed by atoms with Crippen molar-refractivity contribution in [3.05, 3.63) is 40.4 Å². The highest BCUT2D eigenvalue weighted by Gasteiger charge is 2.44. The molecule has 1 N–H and O–H groups in total. The third-order valence-corrected chi connectivity index (χ3v) is 5.41. The molecule has 1 unspecified atom stereocenters. The second kappa shape index (κ2) is 8.23. The van der Waals surface area contributed by atoms with Crippen molar-refractivity contribution >= 4 is 40.6 Å². The molecule has 3 rings (SSSR count). The van der Waals surface area contributed by atoms with Gasteiger partial charge in [-0.2, -0.15) is 0 Å². The van der Waals surface area contributed by atoms with Gasteiger partial charge in [-0.1, -0.05) is 17.7 Å². The number of ether oxygens (including phenoxy) is 3. The molecule has 0 aliphatic carbocycles. The first kappa shape index (κ1) is 21.4. The molecular weight excluding hydrogens is 412 g/mol. The first-order chi connectivity index (χ1) is 14.3. The quantitative estimate of drug-likeness (QED) is 0.704. The van der Waals surface area contributed by atoms with Gasteiger partial charge in [0, 0.05) is 16.8 Å². The van der Waals surface area contributed by atoms with Gasteiger partial charge in [-0.25, -0.2) is 0 Å². The third-order valence-electron chi connectivity index (χ3n) is 5.00. The van der Waals surface area contributed by atoms with Crippen molar-refractivity contribution < 1.29 is 28.6 Å². The van der Waals surface area contributed by atoms with E-state index in [1.807, 2.05) is 0 Å². The summed E-state index contributed by atoms with van der Waals surface area (Å²) >= 11 is 6.11. The molecule has 158 valence electrons. The van der Waals surface area contributed by atoms with E-state index in [-0.39, 0.29) is 28.5 Å². The maximum Gasteiger partial charge on any atom is 0.300 e. The summed E-state index contributed by atoms with van der Waals surface area (Å²) in [6, 6.07) is 5.60. The van der Waals surface area contributed by atoms with Gasteiger partial charge < -0.3 is 19.5 Å². The van der Waals surface area contributed by atoms with Crippen LogP contribution in [0.2, 0.25) is 5.02 Å². The van der Waals surface area contributed by atoms with Gasteiger partial charge in [-0.05, 0) is 31.5 Å². The molecular formula is C21H21ClN2O6. The molecule has 1 heterocycles. The molecule has 2 aromatic carbocycles. The van der Waals surface area contributed by atoms with Crippen molar-refractivity contribution in [1.29, 1.82) is 0 Å². The summed E-state index contributed by atoms with van der Waals surface area (Å²) in [6.07, 6.45) is 0. The number of carbonyl (C=O) groups is 3. The zero-order valence-corrected chi connectivity index (χ0v) is 17.9. The van der Waals surface area contributed by atoms with Crippen LogP contribution >= 0.6 is 11.6 Å². The Balaban J connectivity index is 2.04. The number of amides is 2. The average Bonchev–Trinajstić information content (AvgIpc) is 2.99. The number of Topliss-reactive ketones (excluding diaryl/α,β-unsaturated/α-hetero) is 1. The molecule has 0 radical (unpaired) electrons. The lowest BCUT2D eigenvalue weighted by Gasteiger charge is -2.25. The lowest BCUT2D eigenvalue weighted by atomic mass is 10.1. The number of hydrogen-bond acceptors (Lipinski definition) is 6. The van der Waals surface area contributed by atoms with E-state index >= 15 is 0 Å². The fraction of sp³-hybridized carbons (Fsp3) is 0.286. The fourth-order valence-electron chi connectivity index (χ4n) is 3.36. The number of halogens is 1. The van der Waals surface area contributed by atoms with Gasteiger partial charge in [-0.15, -0.1) is 0 Å². The zero-order valence-electron chi connectivity index (χ0n) is 17.2. The Morgan fingerprint density at radius 3 is 2.37 bits per heavy atom. The van der Waals surface area contributed by atoms with E-state index in [0.29, 0.717) is 16.3 Å². The first-order valence-corrected chi connectivity index (χ1v) is 9.41.